The first-order valence-electron chi connectivity index (χ1n) is 9.14. The normalized spacial score (nSPS) is 10.7. The maximum Gasteiger partial charge on any atom is 0.257 e. The van der Waals surface area contributed by atoms with Crippen molar-refractivity contribution in [1.82, 2.24) is 19.9 Å². The summed E-state index contributed by atoms with van der Waals surface area (Å²) in [4.78, 5) is 33.3. The maximum absolute atomic E-state index is 12.8. The van der Waals surface area contributed by atoms with E-state index in [0.29, 0.717) is 22.4 Å². The minimum absolute atomic E-state index is 0.124. The Balaban J connectivity index is 1.60. The summed E-state index contributed by atoms with van der Waals surface area (Å²) in [6, 6.07) is 18.7. The van der Waals surface area contributed by atoms with E-state index in [0.717, 1.165) is 11.3 Å². The van der Waals surface area contributed by atoms with Gasteiger partial charge in [0.2, 0.25) is 5.91 Å². The van der Waals surface area contributed by atoms with Crippen LogP contribution in [-0.2, 0) is 11.2 Å². The third kappa shape index (κ3) is 3.84. The Morgan fingerprint density at radius 3 is 2.55 bits per heavy atom. The number of anilines is 1. The zero-order chi connectivity index (χ0) is 20.2. The van der Waals surface area contributed by atoms with E-state index in [2.05, 4.69) is 20.6 Å². The van der Waals surface area contributed by atoms with Gasteiger partial charge in [-0.2, -0.15) is 0 Å². The molecule has 0 aliphatic rings. The molecular formula is C22H19N5O2. The molecule has 0 unspecified atom stereocenters. The van der Waals surface area contributed by atoms with Crippen LogP contribution in [0.15, 0.2) is 73.2 Å². The molecule has 0 saturated heterocycles. The second kappa shape index (κ2) is 7.93. The summed E-state index contributed by atoms with van der Waals surface area (Å²) in [7, 11) is 1.58. The van der Waals surface area contributed by atoms with E-state index in [-0.39, 0.29) is 18.2 Å². The molecule has 0 aliphatic heterocycles. The van der Waals surface area contributed by atoms with Gasteiger partial charge in [-0.05, 0) is 29.8 Å². The van der Waals surface area contributed by atoms with Gasteiger partial charge in [-0.1, -0.05) is 36.4 Å². The Morgan fingerprint density at radius 2 is 1.76 bits per heavy atom. The van der Waals surface area contributed by atoms with Gasteiger partial charge in [-0.15, -0.1) is 0 Å². The fourth-order valence-corrected chi connectivity index (χ4v) is 3.06. The van der Waals surface area contributed by atoms with Crippen LogP contribution < -0.4 is 10.6 Å². The van der Waals surface area contributed by atoms with Crippen molar-refractivity contribution in [3.63, 3.8) is 0 Å². The van der Waals surface area contributed by atoms with Gasteiger partial charge in [0.05, 0.1) is 12.0 Å². The van der Waals surface area contributed by atoms with E-state index in [9.17, 15) is 9.59 Å². The maximum atomic E-state index is 12.8. The molecule has 2 heterocycles. The zero-order valence-corrected chi connectivity index (χ0v) is 15.8. The minimum Gasteiger partial charge on any atom is -0.359 e. The Bertz CT molecular complexity index is 1180. The highest BCUT2D eigenvalue weighted by molar-refractivity contribution is 6.06. The van der Waals surface area contributed by atoms with Crippen LogP contribution in [0.1, 0.15) is 15.9 Å². The van der Waals surface area contributed by atoms with E-state index in [1.54, 1.807) is 25.5 Å². The van der Waals surface area contributed by atoms with Crippen molar-refractivity contribution in [2.45, 2.75) is 6.42 Å². The third-order valence-corrected chi connectivity index (χ3v) is 4.58. The molecule has 4 aromatic rings. The lowest BCUT2D eigenvalue weighted by molar-refractivity contribution is -0.119. The summed E-state index contributed by atoms with van der Waals surface area (Å²) in [6.45, 7) is 0. The molecule has 7 heteroatoms. The van der Waals surface area contributed by atoms with Gasteiger partial charge >= 0.3 is 0 Å². The molecule has 7 nitrogen and oxygen atoms in total. The summed E-state index contributed by atoms with van der Waals surface area (Å²) in [5, 5.41) is 5.46. The second-order valence-electron chi connectivity index (χ2n) is 6.48. The Kier molecular flexibility index (Phi) is 5.03. The fraction of sp³-hybridized carbons (Fsp3) is 0.0909. The summed E-state index contributed by atoms with van der Waals surface area (Å²) in [5.41, 5.74) is 3.97. The first-order valence-corrected chi connectivity index (χ1v) is 9.14. The van der Waals surface area contributed by atoms with Crippen LogP contribution in [0.2, 0.25) is 0 Å². The number of benzene rings is 2. The van der Waals surface area contributed by atoms with E-state index >= 15 is 0 Å². The molecule has 0 bridgehead atoms. The van der Waals surface area contributed by atoms with Crippen LogP contribution in [0, 0.1) is 0 Å². The molecule has 4 rings (SSSR count). The van der Waals surface area contributed by atoms with Gasteiger partial charge < -0.3 is 10.6 Å². The van der Waals surface area contributed by atoms with E-state index in [1.165, 1.54) is 6.20 Å². The highest BCUT2D eigenvalue weighted by atomic mass is 16.2. The van der Waals surface area contributed by atoms with E-state index < -0.39 is 0 Å². The van der Waals surface area contributed by atoms with Crippen LogP contribution in [-0.4, -0.2) is 33.4 Å². The lowest BCUT2D eigenvalue weighted by Crippen LogP contribution is -2.21. The number of likely N-dealkylation sites (N-methyl/N-ethyl adjacent to an activating group) is 1. The van der Waals surface area contributed by atoms with Crippen LogP contribution in [0.4, 0.5) is 5.69 Å². The van der Waals surface area contributed by atoms with Gasteiger partial charge in [-0.3, -0.25) is 14.2 Å². The third-order valence-electron chi connectivity index (χ3n) is 4.58. The van der Waals surface area contributed by atoms with Gasteiger partial charge in [0.1, 0.15) is 11.8 Å². The summed E-state index contributed by atoms with van der Waals surface area (Å²) in [6.07, 6.45) is 3.40. The molecular weight excluding hydrogens is 366 g/mol. The van der Waals surface area contributed by atoms with Crippen molar-refractivity contribution in [3.05, 3.63) is 84.3 Å². The van der Waals surface area contributed by atoms with Crippen molar-refractivity contribution in [3.8, 4) is 5.69 Å². The number of amides is 2. The quantitative estimate of drug-likeness (QED) is 0.553. The summed E-state index contributed by atoms with van der Waals surface area (Å²) < 4.78 is 1.87. The van der Waals surface area contributed by atoms with Crippen LogP contribution in [0.5, 0.6) is 0 Å². The number of hydrogen-bond donors (Lipinski definition) is 2. The average molecular weight is 385 g/mol. The summed E-state index contributed by atoms with van der Waals surface area (Å²) in [5.74, 6) is -0.431. The van der Waals surface area contributed by atoms with Crippen molar-refractivity contribution in [2.24, 2.45) is 0 Å². The van der Waals surface area contributed by atoms with Gasteiger partial charge in [0, 0.05) is 24.6 Å². The predicted molar refractivity (Wildman–Crippen MR) is 111 cm³/mol. The molecule has 0 aliphatic carbocycles. The Morgan fingerprint density at radius 1 is 1.00 bits per heavy atom. The molecule has 2 aromatic heterocycles. The van der Waals surface area contributed by atoms with Crippen molar-refractivity contribution in [1.29, 1.82) is 0 Å². The monoisotopic (exact) mass is 385 g/mol. The molecule has 0 radical (unpaired) electrons. The van der Waals surface area contributed by atoms with Crippen molar-refractivity contribution >= 4 is 28.7 Å². The molecule has 29 heavy (non-hydrogen) atoms. The number of nitrogens with zero attached hydrogens (tertiary/aromatic N) is 3. The number of fused-ring (bicyclic) bond motifs is 1. The number of rotatable bonds is 5. The molecule has 2 aromatic carbocycles. The van der Waals surface area contributed by atoms with E-state index in [4.69, 9.17) is 0 Å². The molecule has 2 amide bonds. The molecule has 0 atom stereocenters. The number of hydrogen-bond acceptors (Lipinski definition) is 4. The topological polar surface area (TPSA) is 88.9 Å². The number of carbonyl (C=O) groups excluding carboxylic acids is 2. The largest absolute Gasteiger partial charge is 0.359 e. The highest BCUT2D eigenvalue weighted by Crippen LogP contribution is 2.20. The average Bonchev–Trinajstić information content (AvgIpc) is 3.19. The SMILES string of the molecule is CNC(=O)Cc1ccccc1NC(=O)c1cnc2c(c1)ncn2-c1ccccc1. The molecule has 0 saturated carbocycles. The Labute approximate surface area is 167 Å². The van der Waals surface area contributed by atoms with Crippen LogP contribution in [0.25, 0.3) is 16.9 Å². The molecule has 0 fully saturated rings. The predicted octanol–water partition coefficient (Wildman–Crippen LogP) is 2.96. The first-order chi connectivity index (χ1) is 14.2. The standard InChI is InChI=1S/C22H19N5O2/c1-23-20(28)12-15-7-5-6-10-18(15)26-22(29)16-11-19-21(24-13-16)27(14-25-19)17-8-3-2-4-9-17/h2-11,13-14H,12H2,1H3,(H,23,28)(H,26,29). The van der Waals surface area contributed by atoms with Crippen LogP contribution >= 0.6 is 0 Å². The summed E-state index contributed by atoms with van der Waals surface area (Å²) >= 11 is 0. The highest BCUT2D eigenvalue weighted by Gasteiger charge is 2.14. The lowest BCUT2D eigenvalue weighted by Gasteiger charge is -2.10. The number of nitrogens with one attached hydrogen (secondary N) is 2. The molecule has 144 valence electrons. The second-order valence-corrected chi connectivity index (χ2v) is 6.48. The van der Waals surface area contributed by atoms with Crippen molar-refractivity contribution in [2.75, 3.05) is 12.4 Å². The van der Waals surface area contributed by atoms with Crippen LogP contribution in [0.3, 0.4) is 0 Å². The number of aromatic nitrogens is 3. The van der Waals surface area contributed by atoms with Gasteiger partial charge in [0.15, 0.2) is 5.65 Å². The minimum atomic E-state index is -0.307. The fourth-order valence-electron chi connectivity index (χ4n) is 3.06. The number of para-hydroxylation sites is 2. The van der Waals surface area contributed by atoms with Gasteiger partial charge in [-0.25, -0.2) is 9.97 Å². The number of pyridine rings is 1. The number of carbonyl (C=O) groups is 2. The first kappa shape index (κ1) is 18.4. The lowest BCUT2D eigenvalue weighted by atomic mass is 10.1. The van der Waals surface area contributed by atoms with Crippen molar-refractivity contribution < 1.29 is 9.59 Å². The van der Waals surface area contributed by atoms with Gasteiger partial charge in [0.25, 0.3) is 5.91 Å². The molecule has 0 spiro atoms. The Hall–Kier alpha value is -4.00. The molecule has 2 N–H and O–H groups in total. The smallest absolute Gasteiger partial charge is 0.257 e. The zero-order valence-electron chi connectivity index (χ0n) is 15.8. The number of imidazole rings is 1. The van der Waals surface area contributed by atoms with E-state index in [1.807, 2.05) is 53.1 Å².